The maximum Gasteiger partial charge on any atom is 0.154 e. The molecule has 0 aliphatic carbocycles. The van der Waals surface area contributed by atoms with E-state index in [2.05, 4.69) is 38.5 Å². The van der Waals surface area contributed by atoms with Gasteiger partial charge in [0.1, 0.15) is 11.5 Å². The Morgan fingerprint density at radius 2 is 1.62 bits per heavy atom. The maximum absolute atomic E-state index is 5.87. The third-order valence-electron chi connectivity index (χ3n) is 3.20. The number of anilines is 1. The van der Waals surface area contributed by atoms with Gasteiger partial charge in [0.2, 0.25) is 0 Å². The minimum absolute atomic E-state index is 0.353. The Morgan fingerprint density at radius 1 is 0.905 bits per heavy atom. The number of rotatable bonds is 3. The molecular weight excluding hydrogens is 262 g/mol. The second-order valence-corrected chi connectivity index (χ2v) is 4.40. The Bertz CT molecular complexity index is 723. The number of nitrogens with zero attached hydrogens (tertiary/aromatic N) is 3. The van der Waals surface area contributed by atoms with Gasteiger partial charge in [0.15, 0.2) is 5.84 Å². The smallest absolute Gasteiger partial charge is 0.154 e. The normalized spacial score (nSPS) is 13.6. The lowest BCUT2D eigenvalue weighted by molar-refractivity contribution is 1.38. The van der Waals surface area contributed by atoms with Crippen LogP contribution in [0.25, 0.3) is 10.8 Å². The maximum atomic E-state index is 5.87. The molecule has 0 aliphatic heterocycles. The molecule has 0 radical (unpaired) electrons. The van der Waals surface area contributed by atoms with Crippen LogP contribution in [0.2, 0.25) is 0 Å². The van der Waals surface area contributed by atoms with Crippen LogP contribution in [0.4, 0.5) is 5.69 Å². The van der Waals surface area contributed by atoms with Crippen molar-refractivity contribution < 1.29 is 0 Å². The van der Waals surface area contributed by atoms with Crippen LogP contribution in [-0.4, -0.2) is 38.5 Å². The number of hydrogen-bond acceptors (Lipinski definition) is 3. The molecule has 5 heteroatoms. The van der Waals surface area contributed by atoms with Crippen LogP contribution in [0.3, 0.4) is 0 Å². The number of aliphatic imine (C=N–C) groups is 3. The summed E-state index contributed by atoms with van der Waals surface area (Å²) < 4.78 is 0. The summed E-state index contributed by atoms with van der Waals surface area (Å²) in [6, 6.07) is 14.2. The second-order valence-electron chi connectivity index (χ2n) is 4.40. The van der Waals surface area contributed by atoms with Crippen LogP contribution in [0.1, 0.15) is 0 Å². The highest BCUT2D eigenvalue weighted by Gasteiger charge is 2.13. The lowest BCUT2D eigenvalue weighted by atomic mass is 10.1. The molecule has 0 heterocycles. The third kappa shape index (κ3) is 3.08. The first-order chi connectivity index (χ1) is 10.2. The molecule has 0 amide bonds. The summed E-state index contributed by atoms with van der Waals surface area (Å²) in [4.78, 5) is 12.4. The molecule has 0 atom stereocenters. The molecule has 5 nitrogen and oxygen atoms in total. The van der Waals surface area contributed by atoms with Crippen LogP contribution in [0.15, 0.2) is 57.4 Å². The van der Waals surface area contributed by atoms with E-state index in [4.69, 9.17) is 5.73 Å². The van der Waals surface area contributed by atoms with Crippen molar-refractivity contribution in [1.82, 2.24) is 0 Å². The lowest BCUT2D eigenvalue weighted by Crippen LogP contribution is -2.35. The highest BCUT2D eigenvalue weighted by molar-refractivity contribution is 6.69. The third-order valence-corrected chi connectivity index (χ3v) is 3.20. The van der Waals surface area contributed by atoms with Crippen LogP contribution < -0.4 is 11.1 Å². The molecule has 21 heavy (non-hydrogen) atoms. The van der Waals surface area contributed by atoms with Crippen molar-refractivity contribution in [3.63, 3.8) is 0 Å². The van der Waals surface area contributed by atoms with Crippen molar-refractivity contribution >= 4 is 33.8 Å². The van der Waals surface area contributed by atoms with E-state index in [-0.39, 0.29) is 0 Å². The fourth-order valence-corrected chi connectivity index (χ4v) is 2.13. The number of amidine groups is 2. The standard InChI is InChI=1S/C16H19N5/c1-18-14(15(17)19-2)16(20-3)21-13-10-6-8-11-7-4-5-9-12(11)13/h4-10H,1-3H3,(H2,17,19)(H,20,21). The van der Waals surface area contributed by atoms with Gasteiger partial charge >= 0.3 is 0 Å². The highest BCUT2D eigenvalue weighted by Crippen LogP contribution is 2.23. The summed E-state index contributed by atoms with van der Waals surface area (Å²) in [5.41, 5.74) is 7.38. The van der Waals surface area contributed by atoms with E-state index in [1.54, 1.807) is 21.1 Å². The van der Waals surface area contributed by atoms with Crippen molar-refractivity contribution in [2.45, 2.75) is 0 Å². The number of hydrogen-bond donors (Lipinski definition) is 2. The first-order valence-corrected chi connectivity index (χ1v) is 6.62. The Hall–Kier alpha value is -2.69. The molecule has 0 aliphatic rings. The van der Waals surface area contributed by atoms with E-state index in [1.165, 1.54) is 0 Å². The molecule has 2 aromatic rings. The molecule has 0 unspecified atom stereocenters. The Balaban J connectivity index is 2.43. The van der Waals surface area contributed by atoms with Gasteiger partial charge in [-0.3, -0.25) is 15.0 Å². The van der Waals surface area contributed by atoms with Crippen molar-refractivity contribution in [3.8, 4) is 0 Å². The zero-order chi connectivity index (χ0) is 15.2. The molecule has 0 saturated heterocycles. The quantitative estimate of drug-likeness (QED) is 0.669. The fourth-order valence-electron chi connectivity index (χ4n) is 2.13. The average Bonchev–Trinajstić information content (AvgIpc) is 2.54. The van der Waals surface area contributed by atoms with E-state index in [1.807, 2.05) is 24.3 Å². The molecule has 0 fully saturated rings. The van der Waals surface area contributed by atoms with Gasteiger partial charge in [-0.25, -0.2) is 0 Å². The second kappa shape index (κ2) is 6.65. The predicted octanol–water partition coefficient (Wildman–Crippen LogP) is 2.34. The fraction of sp³-hybridized carbons (Fsp3) is 0.188. The zero-order valence-electron chi connectivity index (χ0n) is 12.5. The topological polar surface area (TPSA) is 75.1 Å². The Kier molecular flexibility index (Phi) is 4.66. The summed E-state index contributed by atoms with van der Waals surface area (Å²) in [6.45, 7) is 0. The van der Waals surface area contributed by atoms with Gasteiger partial charge in [0, 0.05) is 32.2 Å². The van der Waals surface area contributed by atoms with Crippen molar-refractivity contribution in [2.24, 2.45) is 20.7 Å². The van der Waals surface area contributed by atoms with Gasteiger partial charge in [0.25, 0.3) is 0 Å². The minimum Gasteiger partial charge on any atom is -0.382 e. The van der Waals surface area contributed by atoms with Gasteiger partial charge in [0.05, 0.1) is 0 Å². The summed E-state index contributed by atoms with van der Waals surface area (Å²) in [7, 11) is 5.00. The van der Waals surface area contributed by atoms with Crippen LogP contribution in [0, 0.1) is 0 Å². The van der Waals surface area contributed by atoms with Crippen LogP contribution in [0.5, 0.6) is 0 Å². The summed E-state index contributed by atoms with van der Waals surface area (Å²) in [5.74, 6) is 0.947. The molecule has 0 bridgehead atoms. The van der Waals surface area contributed by atoms with E-state index in [9.17, 15) is 0 Å². The van der Waals surface area contributed by atoms with Crippen molar-refractivity contribution in [3.05, 3.63) is 42.5 Å². The van der Waals surface area contributed by atoms with Crippen LogP contribution >= 0.6 is 0 Å². The van der Waals surface area contributed by atoms with E-state index in [0.717, 1.165) is 16.5 Å². The van der Waals surface area contributed by atoms with E-state index in [0.29, 0.717) is 17.4 Å². The van der Waals surface area contributed by atoms with Gasteiger partial charge in [-0.05, 0) is 11.5 Å². The van der Waals surface area contributed by atoms with Gasteiger partial charge in [-0.1, -0.05) is 36.4 Å². The molecule has 2 rings (SSSR count). The summed E-state index contributed by atoms with van der Waals surface area (Å²) >= 11 is 0. The molecule has 0 spiro atoms. The van der Waals surface area contributed by atoms with E-state index < -0.39 is 0 Å². The number of nitrogens with two attached hydrogens (primary N) is 1. The lowest BCUT2D eigenvalue weighted by Gasteiger charge is -2.13. The molecule has 0 saturated carbocycles. The first-order valence-electron chi connectivity index (χ1n) is 6.62. The molecule has 3 N–H and O–H groups in total. The molecule has 0 aromatic heterocycles. The number of nitrogens with one attached hydrogen (secondary N) is 1. The van der Waals surface area contributed by atoms with Crippen molar-refractivity contribution in [2.75, 3.05) is 26.5 Å². The van der Waals surface area contributed by atoms with Crippen LogP contribution in [-0.2, 0) is 0 Å². The van der Waals surface area contributed by atoms with Crippen molar-refractivity contribution in [1.29, 1.82) is 0 Å². The Morgan fingerprint density at radius 3 is 2.29 bits per heavy atom. The molecule has 108 valence electrons. The number of benzene rings is 2. The van der Waals surface area contributed by atoms with E-state index >= 15 is 0 Å². The first kappa shape index (κ1) is 14.7. The van der Waals surface area contributed by atoms with Gasteiger partial charge in [-0.2, -0.15) is 0 Å². The highest BCUT2D eigenvalue weighted by atomic mass is 15.0. The average molecular weight is 281 g/mol. The molecular formula is C16H19N5. The molecule has 2 aromatic carbocycles. The minimum atomic E-state index is 0.353. The largest absolute Gasteiger partial charge is 0.382 e. The summed E-state index contributed by atoms with van der Waals surface area (Å²) in [5, 5.41) is 5.57. The number of fused-ring (bicyclic) bond motifs is 1. The summed E-state index contributed by atoms with van der Waals surface area (Å²) in [6.07, 6.45) is 0. The van der Waals surface area contributed by atoms with Gasteiger partial charge < -0.3 is 11.1 Å². The predicted molar refractivity (Wildman–Crippen MR) is 91.8 cm³/mol. The SMILES string of the molecule is CN=C(N)C(=NC)C(=NC)Nc1cccc2ccccc12. The zero-order valence-corrected chi connectivity index (χ0v) is 12.5. The Labute approximate surface area is 124 Å². The van der Waals surface area contributed by atoms with Gasteiger partial charge in [-0.15, -0.1) is 0 Å². The monoisotopic (exact) mass is 281 g/mol.